The average Bonchev–Trinajstić information content (AvgIpc) is 2.71. The maximum atomic E-state index is 13.8. The van der Waals surface area contributed by atoms with Crippen LogP contribution in [0.25, 0.3) is 0 Å². The predicted molar refractivity (Wildman–Crippen MR) is 121 cm³/mol. The minimum atomic E-state index is -0.887. The maximum Gasteiger partial charge on any atom is 0.319 e. The van der Waals surface area contributed by atoms with Gasteiger partial charge in [-0.2, -0.15) is 0 Å². The zero-order valence-corrected chi connectivity index (χ0v) is 19.2. The molecule has 34 heavy (non-hydrogen) atoms. The van der Waals surface area contributed by atoms with Gasteiger partial charge in [0.25, 0.3) is 0 Å². The first-order valence-corrected chi connectivity index (χ1v) is 10.9. The lowest BCUT2D eigenvalue weighted by atomic mass is 9.62. The highest BCUT2D eigenvalue weighted by atomic mass is 19.1. The van der Waals surface area contributed by atoms with E-state index in [1.807, 2.05) is 20.8 Å². The quantitative estimate of drug-likeness (QED) is 0.410. The SMILES string of the molecule is CC1(C)C[C@H](NC(=O)Nc2c(F)cccc2F)C[C@@](C)(CNC(=O)Nc2c(F)cccc2F)C1. The Morgan fingerprint density at radius 2 is 1.29 bits per heavy atom. The van der Waals surface area contributed by atoms with Crippen molar-refractivity contribution in [3.8, 4) is 0 Å². The van der Waals surface area contributed by atoms with Gasteiger partial charge in [-0.15, -0.1) is 0 Å². The van der Waals surface area contributed by atoms with E-state index in [1.165, 1.54) is 12.1 Å². The molecule has 4 amide bonds. The smallest absolute Gasteiger partial charge is 0.319 e. The minimum absolute atomic E-state index is 0.181. The van der Waals surface area contributed by atoms with Crippen LogP contribution in [0.2, 0.25) is 0 Å². The van der Waals surface area contributed by atoms with Crippen LogP contribution in [0, 0.1) is 34.1 Å². The number of nitrogens with one attached hydrogen (secondary N) is 4. The summed E-state index contributed by atoms with van der Waals surface area (Å²) in [5, 5.41) is 9.82. The van der Waals surface area contributed by atoms with Crippen LogP contribution in [0.3, 0.4) is 0 Å². The van der Waals surface area contributed by atoms with Crippen molar-refractivity contribution in [1.29, 1.82) is 0 Å². The second kappa shape index (κ2) is 9.90. The summed E-state index contributed by atoms with van der Waals surface area (Å²) in [5.74, 6) is -3.54. The number of halogens is 4. The van der Waals surface area contributed by atoms with Crippen molar-refractivity contribution in [2.24, 2.45) is 10.8 Å². The molecule has 3 rings (SSSR count). The molecule has 1 aliphatic carbocycles. The largest absolute Gasteiger partial charge is 0.337 e. The third kappa shape index (κ3) is 6.39. The molecule has 1 aliphatic rings. The first-order valence-electron chi connectivity index (χ1n) is 10.9. The molecule has 184 valence electrons. The molecule has 0 bridgehead atoms. The van der Waals surface area contributed by atoms with Gasteiger partial charge < -0.3 is 21.3 Å². The van der Waals surface area contributed by atoms with E-state index in [0.717, 1.165) is 24.3 Å². The Morgan fingerprint density at radius 1 is 0.824 bits per heavy atom. The lowest BCUT2D eigenvalue weighted by Crippen LogP contribution is -2.51. The number of carbonyl (C=O) groups is 2. The molecule has 2 aromatic rings. The Kier molecular flexibility index (Phi) is 7.38. The number of anilines is 2. The number of para-hydroxylation sites is 2. The Balaban J connectivity index is 1.62. The van der Waals surface area contributed by atoms with E-state index in [4.69, 9.17) is 0 Å². The van der Waals surface area contributed by atoms with Crippen molar-refractivity contribution in [3.63, 3.8) is 0 Å². The molecule has 0 radical (unpaired) electrons. The van der Waals surface area contributed by atoms with Crippen LogP contribution < -0.4 is 21.3 Å². The maximum absolute atomic E-state index is 13.8. The lowest BCUT2D eigenvalue weighted by molar-refractivity contribution is 0.0761. The van der Waals surface area contributed by atoms with Gasteiger partial charge in [0.1, 0.15) is 34.6 Å². The number of carbonyl (C=O) groups excluding carboxylic acids is 2. The molecule has 1 saturated carbocycles. The van der Waals surface area contributed by atoms with E-state index < -0.39 is 52.1 Å². The predicted octanol–water partition coefficient (Wildman–Crippen LogP) is 5.77. The number of urea groups is 2. The van der Waals surface area contributed by atoms with Crippen LogP contribution >= 0.6 is 0 Å². The Morgan fingerprint density at radius 3 is 1.79 bits per heavy atom. The first-order chi connectivity index (χ1) is 15.9. The standard InChI is InChI=1S/C24H28F4N4O2/c1-23(2)10-14(30-22(34)32-20-17(27)8-5-9-18(20)28)11-24(3,12-23)13-29-21(33)31-19-15(25)6-4-7-16(19)26/h4-9,14H,10-13H2,1-3H3,(H2,29,31,33)(H2,30,32,34)/t14-,24+/m0/s1. The van der Waals surface area contributed by atoms with Crippen LogP contribution in [-0.4, -0.2) is 24.6 Å². The van der Waals surface area contributed by atoms with Crippen molar-refractivity contribution in [2.75, 3.05) is 17.2 Å². The highest BCUT2D eigenvalue weighted by molar-refractivity contribution is 5.90. The van der Waals surface area contributed by atoms with E-state index in [9.17, 15) is 27.2 Å². The fourth-order valence-corrected chi connectivity index (χ4v) is 4.89. The van der Waals surface area contributed by atoms with Crippen molar-refractivity contribution in [1.82, 2.24) is 10.6 Å². The topological polar surface area (TPSA) is 82.3 Å². The van der Waals surface area contributed by atoms with Crippen LogP contribution in [-0.2, 0) is 0 Å². The molecule has 0 saturated heterocycles. The fraction of sp³-hybridized carbons (Fsp3) is 0.417. The zero-order valence-electron chi connectivity index (χ0n) is 19.2. The Hall–Kier alpha value is -3.30. The molecule has 0 spiro atoms. The highest BCUT2D eigenvalue weighted by Crippen LogP contribution is 2.45. The van der Waals surface area contributed by atoms with E-state index in [1.54, 1.807) is 0 Å². The number of hydrogen-bond acceptors (Lipinski definition) is 2. The lowest BCUT2D eigenvalue weighted by Gasteiger charge is -2.46. The van der Waals surface area contributed by atoms with Crippen LogP contribution in [0.1, 0.15) is 40.0 Å². The number of hydrogen-bond donors (Lipinski definition) is 4. The van der Waals surface area contributed by atoms with E-state index in [-0.39, 0.29) is 18.0 Å². The summed E-state index contributed by atoms with van der Waals surface area (Å²) in [5.41, 5.74) is -1.75. The Bertz CT molecular complexity index is 1040. The van der Waals surface area contributed by atoms with Gasteiger partial charge in [-0.05, 0) is 54.4 Å². The monoisotopic (exact) mass is 480 g/mol. The second-order valence-electron chi connectivity index (χ2n) is 9.86. The summed E-state index contributed by atoms with van der Waals surface area (Å²) in [6.07, 6.45) is 1.79. The molecule has 0 aliphatic heterocycles. The van der Waals surface area contributed by atoms with E-state index in [0.29, 0.717) is 19.3 Å². The van der Waals surface area contributed by atoms with Crippen molar-refractivity contribution in [2.45, 2.75) is 46.1 Å². The number of rotatable bonds is 5. The van der Waals surface area contributed by atoms with Crippen LogP contribution in [0.5, 0.6) is 0 Å². The number of benzene rings is 2. The van der Waals surface area contributed by atoms with E-state index >= 15 is 0 Å². The summed E-state index contributed by atoms with van der Waals surface area (Å²) >= 11 is 0. The van der Waals surface area contributed by atoms with Gasteiger partial charge in [-0.1, -0.05) is 32.9 Å². The molecule has 0 unspecified atom stereocenters. The van der Waals surface area contributed by atoms with Gasteiger partial charge in [0.2, 0.25) is 0 Å². The molecule has 4 N–H and O–H groups in total. The summed E-state index contributed by atoms with van der Waals surface area (Å²) in [6, 6.07) is 4.73. The van der Waals surface area contributed by atoms with Gasteiger partial charge in [0.05, 0.1) is 0 Å². The molecule has 10 heteroatoms. The van der Waals surface area contributed by atoms with Crippen LogP contribution in [0.4, 0.5) is 38.5 Å². The third-order valence-corrected chi connectivity index (χ3v) is 5.86. The molecular formula is C24H28F4N4O2. The van der Waals surface area contributed by atoms with Crippen molar-refractivity contribution < 1.29 is 27.2 Å². The fourth-order valence-electron chi connectivity index (χ4n) is 4.89. The zero-order chi connectivity index (χ0) is 25.1. The average molecular weight is 481 g/mol. The van der Waals surface area contributed by atoms with Gasteiger partial charge in [-0.3, -0.25) is 0 Å². The van der Waals surface area contributed by atoms with Gasteiger partial charge >= 0.3 is 12.1 Å². The summed E-state index contributed by atoms with van der Waals surface area (Å²) in [6.45, 7) is 6.14. The summed E-state index contributed by atoms with van der Waals surface area (Å²) in [7, 11) is 0. The summed E-state index contributed by atoms with van der Waals surface area (Å²) in [4.78, 5) is 24.7. The second-order valence-corrected chi connectivity index (χ2v) is 9.86. The van der Waals surface area contributed by atoms with Gasteiger partial charge in [0, 0.05) is 12.6 Å². The normalized spacial score (nSPS) is 21.4. The van der Waals surface area contributed by atoms with Crippen LogP contribution in [0.15, 0.2) is 36.4 Å². The summed E-state index contributed by atoms with van der Waals surface area (Å²) < 4.78 is 55.3. The minimum Gasteiger partial charge on any atom is -0.337 e. The van der Waals surface area contributed by atoms with Gasteiger partial charge in [-0.25, -0.2) is 27.2 Å². The number of amides is 4. The molecule has 6 nitrogen and oxygen atoms in total. The van der Waals surface area contributed by atoms with Crippen molar-refractivity contribution >= 4 is 23.4 Å². The molecule has 2 aromatic carbocycles. The Labute approximate surface area is 195 Å². The molecule has 0 heterocycles. The molecular weight excluding hydrogens is 452 g/mol. The molecule has 0 aromatic heterocycles. The molecule has 2 atom stereocenters. The molecule has 1 fully saturated rings. The highest BCUT2D eigenvalue weighted by Gasteiger charge is 2.42. The first kappa shape index (κ1) is 25.3. The third-order valence-electron chi connectivity index (χ3n) is 5.86. The van der Waals surface area contributed by atoms with E-state index in [2.05, 4.69) is 21.3 Å². The van der Waals surface area contributed by atoms with Crippen molar-refractivity contribution in [3.05, 3.63) is 59.7 Å². The van der Waals surface area contributed by atoms with Gasteiger partial charge in [0.15, 0.2) is 0 Å².